The summed E-state index contributed by atoms with van der Waals surface area (Å²) in [5, 5.41) is 0. The third kappa shape index (κ3) is 3.53. The fourth-order valence-electron chi connectivity index (χ4n) is 3.81. The van der Waals surface area contributed by atoms with E-state index in [2.05, 4.69) is 43.6 Å². The summed E-state index contributed by atoms with van der Waals surface area (Å²) in [5.41, 5.74) is 7.84. The molecular weight excluding hydrogens is 417 g/mol. The number of hydrogen-bond acceptors (Lipinski definition) is 2. The highest BCUT2D eigenvalue weighted by Gasteiger charge is 2.14. The maximum atomic E-state index is 5.85. The van der Waals surface area contributed by atoms with Crippen LogP contribution < -0.4 is 0 Å². The SMILES string of the molecule is C#Cc1c2nc(c(C#C)c3ccc([nH]3)c(C#C)c3ccc([nH]3)c(C#C)c3nc1C=C3)C=C2.[Mg]. The van der Waals surface area contributed by atoms with Crippen molar-refractivity contribution >= 4 is 69.4 Å². The maximum Gasteiger partial charge on any atom is 0.0816 e. The predicted molar refractivity (Wildman–Crippen MR) is 136 cm³/mol. The number of hydrogen-bond donors (Lipinski definition) is 2. The molecule has 5 rings (SSSR count). The fourth-order valence-corrected chi connectivity index (χ4v) is 3.81. The van der Waals surface area contributed by atoms with E-state index in [1.807, 2.05) is 48.6 Å². The van der Waals surface area contributed by atoms with Crippen LogP contribution in [0.1, 0.15) is 45.0 Å². The standard InChI is InChI=1S/C28H14N4.Mg/c1-5-17-21-9-11-23(29-21)18(6-2)25-13-15-27(31-25)20(8-4)28-16-14-26(32-28)19(7-3)24-12-10-22(17)30-24;/h1-4,9-16,29-30H;. The van der Waals surface area contributed by atoms with Gasteiger partial charge in [-0.05, 0) is 48.6 Å². The van der Waals surface area contributed by atoms with E-state index >= 15 is 0 Å². The van der Waals surface area contributed by atoms with E-state index in [0.29, 0.717) is 45.0 Å². The van der Waals surface area contributed by atoms with Crippen molar-refractivity contribution in [3.8, 4) is 49.4 Å². The molecule has 0 fully saturated rings. The highest BCUT2D eigenvalue weighted by Crippen LogP contribution is 2.26. The number of aromatic amines is 2. The summed E-state index contributed by atoms with van der Waals surface area (Å²) in [6.45, 7) is 0. The van der Waals surface area contributed by atoms with Crippen LogP contribution in [0.25, 0.3) is 46.4 Å². The Kier molecular flexibility index (Phi) is 5.70. The van der Waals surface area contributed by atoms with E-state index < -0.39 is 0 Å². The zero-order valence-electron chi connectivity index (χ0n) is 17.5. The maximum absolute atomic E-state index is 5.85. The van der Waals surface area contributed by atoms with Gasteiger partial charge in [-0.2, -0.15) is 0 Å². The molecule has 0 aliphatic carbocycles. The Morgan fingerprint density at radius 2 is 0.788 bits per heavy atom. The van der Waals surface area contributed by atoms with Crippen LogP contribution in [0, 0.1) is 49.4 Å². The topological polar surface area (TPSA) is 57.4 Å². The van der Waals surface area contributed by atoms with Crippen LogP contribution in [-0.2, 0) is 0 Å². The van der Waals surface area contributed by atoms with Crippen LogP contribution in [0.5, 0.6) is 0 Å². The molecule has 8 bridgehead atoms. The highest BCUT2D eigenvalue weighted by atomic mass is 24.3. The average Bonchev–Trinajstić information content (AvgIpc) is 3.59. The molecule has 0 saturated carbocycles. The highest BCUT2D eigenvalue weighted by molar-refractivity contribution is 5.87. The van der Waals surface area contributed by atoms with Crippen LogP contribution >= 0.6 is 0 Å². The van der Waals surface area contributed by atoms with Crippen molar-refractivity contribution < 1.29 is 0 Å². The zero-order chi connectivity index (χ0) is 22.2. The van der Waals surface area contributed by atoms with E-state index in [1.165, 1.54) is 0 Å². The zero-order valence-corrected chi connectivity index (χ0v) is 18.9. The van der Waals surface area contributed by atoms with E-state index in [9.17, 15) is 0 Å². The molecule has 0 unspecified atom stereocenters. The lowest BCUT2D eigenvalue weighted by Crippen LogP contribution is -1.90. The number of nitrogens with zero attached hydrogens (tertiary/aromatic N) is 2. The van der Waals surface area contributed by atoms with Gasteiger partial charge in [0.25, 0.3) is 0 Å². The minimum Gasteiger partial charge on any atom is -0.353 e. The van der Waals surface area contributed by atoms with Crippen LogP contribution in [0.4, 0.5) is 0 Å². The van der Waals surface area contributed by atoms with Crippen LogP contribution in [0.3, 0.4) is 0 Å². The minimum atomic E-state index is 0. The first kappa shape index (κ1) is 21.8. The average molecular weight is 431 g/mol. The summed E-state index contributed by atoms with van der Waals surface area (Å²) in [4.78, 5) is 16.0. The van der Waals surface area contributed by atoms with Gasteiger partial charge in [0.15, 0.2) is 0 Å². The van der Waals surface area contributed by atoms with Gasteiger partial charge < -0.3 is 9.97 Å². The van der Waals surface area contributed by atoms with E-state index in [-0.39, 0.29) is 23.1 Å². The summed E-state index contributed by atoms with van der Waals surface area (Å²) in [6, 6.07) is 7.54. The molecule has 0 aromatic carbocycles. The van der Waals surface area contributed by atoms with Gasteiger partial charge in [-0.1, -0.05) is 23.7 Å². The lowest BCUT2D eigenvalue weighted by Gasteiger charge is -1.96. The van der Waals surface area contributed by atoms with Crippen molar-refractivity contribution in [2.24, 2.45) is 0 Å². The van der Waals surface area contributed by atoms with Gasteiger partial charge in [-0.3, -0.25) is 0 Å². The molecule has 0 spiro atoms. The molecule has 0 amide bonds. The molecule has 2 aliphatic rings. The van der Waals surface area contributed by atoms with Crippen molar-refractivity contribution in [2.75, 3.05) is 0 Å². The van der Waals surface area contributed by atoms with Crippen molar-refractivity contribution in [3.63, 3.8) is 0 Å². The van der Waals surface area contributed by atoms with E-state index in [4.69, 9.17) is 25.7 Å². The molecule has 148 valence electrons. The smallest absolute Gasteiger partial charge is 0.0816 e. The van der Waals surface area contributed by atoms with Crippen LogP contribution in [0.2, 0.25) is 0 Å². The van der Waals surface area contributed by atoms with Crippen molar-refractivity contribution in [3.05, 3.63) is 69.3 Å². The molecule has 3 aromatic heterocycles. The molecule has 0 atom stereocenters. The van der Waals surface area contributed by atoms with Gasteiger partial charge in [0.05, 0.1) is 67.1 Å². The van der Waals surface area contributed by atoms with Gasteiger partial charge in [0.2, 0.25) is 0 Å². The summed E-state index contributed by atoms with van der Waals surface area (Å²) in [5.74, 6) is 10.9. The lowest BCUT2D eigenvalue weighted by molar-refractivity contribution is 1.25. The molecule has 4 nitrogen and oxygen atoms in total. The fraction of sp³-hybridized carbons (Fsp3) is 0. The molecule has 2 N–H and O–H groups in total. The Morgan fingerprint density at radius 3 is 1.12 bits per heavy atom. The molecule has 3 aromatic rings. The van der Waals surface area contributed by atoms with E-state index in [1.54, 1.807) is 0 Å². The van der Waals surface area contributed by atoms with Gasteiger partial charge >= 0.3 is 0 Å². The first-order valence-electron chi connectivity index (χ1n) is 9.69. The van der Waals surface area contributed by atoms with Crippen molar-refractivity contribution in [2.45, 2.75) is 0 Å². The Hall–Kier alpha value is -4.39. The van der Waals surface area contributed by atoms with Crippen molar-refractivity contribution in [1.82, 2.24) is 19.9 Å². The Morgan fingerprint density at radius 1 is 0.485 bits per heavy atom. The number of aromatic nitrogens is 4. The molecule has 2 aliphatic heterocycles. The molecule has 33 heavy (non-hydrogen) atoms. The molecule has 0 saturated heterocycles. The van der Waals surface area contributed by atoms with Crippen LogP contribution in [-0.4, -0.2) is 43.0 Å². The second kappa shape index (κ2) is 8.62. The van der Waals surface area contributed by atoms with Crippen LogP contribution in [0.15, 0.2) is 24.3 Å². The lowest BCUT2D eigenvalue weighted by atomic mass is 10.1. The first-order chi connectivity index (χ1) is 15.7. The minimum absolute atomic E-state index is 0. The molecule has 5 heteroatoms. The predicted octanol–water partition coefficient (Wildman–Crippen LogP) is 4.20. The second-order valence-corrected chi connectivity index (χ2v) is 7.08. The molecule has 2 radical (unpaired) electrons. The third-order valence-corrected chi connectivity index (χ3v) is 5.33. The third-order valence-electron chi connectivity index (χ3n) is 5.33. The Balaban J connectivity index is 0.00000259. The molecular formula is C28H14MgN4. The van der Waals surface area contributed by atoms with Gasteiger partial charge in [0.1, 0.15) is 0 Å². The monoisotopic (exact) mass is 430 g/mol. The summed E-state index contributed by atoms with van der Waals surface area (Å²) in [7, 11) is 0. The normalized spacial score (nSPS) is 11.0. The Bertz CT molecular complexity index is 1600. The largest absolute Gasteiger partial charge is 0.353 e. The summed E-state index contributed by atoms with van der Waals surface area (Å²) in [6.07, 6.45) is 30.7. The molecule has 5 heterocycles. The number of nitrogens with one attached hydrogen (secondary N) is 2. The van der Waals surface area contributed by atoms with Gasteiger partial charge in [0, 0.05) is 23.1 Å². The second-order valence-electron chi connectivity index (χ2n) is 7.08. The number of rotatable bonds is 0. The van der Waals surface area contributed by atoms with Crippen molar-refractivity contribution in [1.29, 1.82) is 0 Å². The van der Waals surface area contributed by atoms with E-state index in [0.717, 1.165) is 22.1 Å². The quantitative estimate of drug-likeness (QED) is 0.286. The van der Waals surface area contributed by atoms with Gasteiger partial charge in [-0.25, -0.2) is 9.97 Å². The van der Waals surface area contributed by atoms with Gasteiger partial charge in [-0.15, -0.1) is 25.7 Å². The number of fused-ring (bicyclic) bond motifs is 8. The Labute approximate surface area is 207 Å². The summed E-state index contributed by atoms with van der Waals surface area (Å²) < 4.78 is 0. The summed E-state index contributed by atoms with van der Waals surface area (Å²) >= 11 is 0. The number of terminal acetylenes is 4. The first-order valence-corrected chi connectivity index (χ1v) is 9.69. The number of H-pyrrole nitrogens is 2.